The smallest absolute Gasteiger partial charge is 0.269 e. The molecule has 7 nitrogen and oxygen atoms in total. The highest BCUT2D eigenvalue weighted by Gasteiger charge is 2.13. The molecule has 2 aromatic carbocycles. The van der Waals surface area contributed by atoms with Crippen LogP contribution in [0, 0.1) is 21.4 Å². The van der Waals surface area contributed by atoms with E-state index in [1.165, 1.54) is 12.1 Å². The summed E-state index contributed by atoms with van der Waals surface area (Å²) in [7, 11) is 0. The van der Waals surface area contributed by atoms with Crippen molar-refractivity contribution in [3.63, 3.8) is 0 Å². The first kappa shape index (κ1) is 14.3. The van der Waals surface area contributed by atoms with E-state index in [1.807, 2.05) is 0 Å². The van der Waals surface area contributed by atoms with E-state index in [2.05, 4.69) is 11.1 Å². The molecule has 23 heavy (non-hydrogen) atoms. The Kier molecular flexibility index (Phi) is 3.27. The number of nitrogens with one attached hydrogen (secondary N) is 1. The molecule has 3 rings (SSSR count). The maximum atomic E-state index is 11.3. The van der Waals surface area contributed by atoms with E-state index in [0.29, 0.717) is 27.6 Å². The van der Waals surface area contributed by atoms with Crippen LogP contribution in [0.5, 0.6) is 0 Å². The summed E-state index contributed by atoms with van der Waals surface area (Å²) in [5.74, 6) is -0.602. The van der Waals surface area contributed by atoms with Crippen molar-refractivity contribution in [2.75, 3.05) is 0 Å². The van der Waals surface area contributed by atoms with Gasteiger partial charge in [-0.25, -0.2) is 0 Å². The summed E-state index contributed by atoms with van der Waals surface area (Å²) in [4.78, 5) is 24.5. The normalized spacial score (nSPS) is 10.4. The molecule has 0 aliphatic heterocycles. The first-order valence-electron chi connectivity index (χ1n) is 6.61. The molecule has 3 N–H and O–H groups in total. The average molecular weight is 306 g/mol. The number of amides is 1. The van der Waals surface area contributed by atoms with Crippen LogP contribution in [0.3, 0.4) is 0 Å². The second kappa shape index (κ2) is 5.27. The molecule has 1 amide bonds. The fraction of sp³-hybridized carbons (Fsp3) is 0. The Bertz CT molecular complexity index is 981. The third-order valence-corrected chi connectivity index (χ3v) is 3.51. The van der Waals surface area contributed by atoms with Crippen molar-refractivity contribution >= 4 is 22.5 Å². The summed E-state index contributed by atoms with van der Waals surface area (Å²) < 4.78 is 0. The summed E-state index contributed by atoms with van der Waals surface area (Å²) in [6.07, 6.45) is 0. The lowest BCUT2D eigenvalue weighted by Crippen LogP contribution is -2.10. The van der Waals surface area contributed by atoms with Gasteiger partial charge in [-0.2, -0.15) is 5.26 Å². The van der Waals surface area contributed by atoms with Gasteiger partial charge in [-0.3, -0.25) is 14.9 Å². The van der Waals surface area contributed by atoms with E-state index in [0.717, 1.165) is 0 Å². The van der Waals surface area contributed by atoms with Gasteiger partial charge in [0.2, 0.25) is 0 Å². The van der Waals surface area contributed by atoms with Gasteiger partial charge in [-0.15, -0.1) is 0 Å². The van der Waals surface area contributed by atoms with Gasteiger partial charge in [0.05, 0.1) is 22.1 Å². The number of aromatic amines is 1. The Hall–Kier alpha value is -3.66. The molecular weight excluding hydrogens is 296 g/mol. The van der Waals surface area contributed by atoms with E-state index >= 15 is 0 Å². The summed E-state index contributed by atoms with van der Waals surface area (Å²) in [5, 5.41) is 20.6. The number of nitrogens with two attached hydrogens (primary N) is 1. The third-order valence-electron chi connectivity index (χ3n) is 3.51. The van der Waals surface area contributed by atoms with E-state index in [4.69, 9.17) is 11.0 Å². The number of hydrogen-bond donors (Lipinski definition) is 2. The molecule has 0 unspecified atom stereocenters. The van der Waals surface area contributed by atoms with Crippen molar-refractivity contribution in [1.82, 2.24) is 4.98 Å². The number of primary amides is 1. The van der Waals surface area contributed by atoms with Gasteiger partial charge < -0.3 is 10.7 Å². The number of nitriles is 1. The van der Waals surface area contributed by atoms with Crippen LogP contribution in [-0.2, 0) is 0 Å². The molecular formula is C16H10N4O3. The molecule has 3 aromatic rings. The quantitative estimate of drug-likeness (QED) is 0.569. The van der Waals surface area contributed by atoms with Crippen molar-refractivity contribution in [2.45, 2.75) is 0 Å². The monoisotopic (exact) mass is 306 g/mol. The summed E-state index contributed by atoms with van der Waals surface area (Å²) in [6, 6.07) is 12.9. The fourth-order valence-corrected chi connectivity index (χ4v) is 2.43. The number of nitro benzene ring substituents is 1. The second-order valence-electron chi connectivity index (χ2n) is 4.95. The van der Waals surface area contributed by atoms with Crippen LogP contribution in [-0.4, -0.2) is 15.8 Å². The molecule has 112 valence electrons. The van der Waals surface area contributed by atoms with Crippen LogP contribution in [0.1, 0.15) is 16.1 Å². The molecule has 1 heterocycles. The Morgan fingerprint density at radius 2 is 1.91 bits per heavy atom. The zero-order valence-corrected chi connectivity index (χ0v) is 11.7. The number of hydrogen-bond acceptors (Lipinski definition) is 4. The minimum Gasteiger partial charge on any atom is -0.364 e. The predicted octanol–water partition coefficient (Wildman–Crippen LogP) is 2.71. The maximum Gasteiger partial charge on any atom is 0.269 e. The summed E-state index contributed by atoms with van der Waals surface area (Å²) >= 11 is 0. The van der Waals surface area contributed by atoms with Gasteiger partial charge >= 0.3 is 0 Å². The zero-order chi connectivity index (χ0) is 16.6. The van der Waals surface area contributed by atoms with Gasteiger partial charge in [-0.05, 0) is 35.9 Å². The minimum atomic E-state index is -0.602. The molecule has 0 saturated carbocycles. The molecule has 0 aliphatic carbocycles. The van der Waals surface area contributed by atoms with Crippen LogP contribution in [0.2, 0.25) is 0 Å². The number of carbonyl (C=O) groups is 1. The van der Waals surface area contributed by atoms with Crippen LogP contribution >= 0.6 is 0 Å². The number of nitro groups is 1. The molecule has 7 heteroatoms. The van der Waals surface area contributed by atoms with Crippen molar-refractivity contribution in [1.29, 1.82) is 5.26 Å². The van der Waals surface area contributed by atoms with E-state index in [-0.39, 0.29) is 11.4 Å². The largest absolute Gasteiger partial charge is 0.364 e. The number of benzene rings is 2. The van der Waals surface area contributed by atoms with Gasteiger partial charge in [0.1, 0.15) is 5.69 Å². The van der Waals surface area contributed by atoms with Gasteiger partial charge in [0.25, 0.3) is 11.6 Å². The standard InChI is InChI=1S/C16H10N4O3/c17-8-9-5-11-7-14(16(18)21)19-15(11)13(6-9)10-1-3-12(4-2-10)20(22)23/h1-7,19H,(H2,18,21). The number of H-pyrrole nitrogens is 1. The number of aromatic nitrogens is 1. The maximum absolute atomic E-state index is 11.3. The summed E-state index contributed by atoms with van der Waals surface area (Å²) in [5.41, 5.74) is 7.91. The molecule has 0 fully saturated rings. The SMILES string of the molecule is N#Cc1cc(-c2ccc([N+](=O)[O-])cc2)c2[nH]c(C(N)=O)cc2c1. The Morgan fingerprint density at radius 3 is 2.48 bits per heavy atom. The van der Waals surface area contributed by atoms with Crippen molar-refractivity contribution in [3.05, 3.63) is 63.8 Å². The minimum absolute atomic E-state index is 0.0225. The Labute approximate surface area is 130 Å². The van der Waals surface area contributed by atoms with Crippen LogP contribution < -0.4 is 5.73 Å². The molecule has 0 aliphatic rings. The van der Waals surface area contributed by atoms with Gasteiger partial charge in [0.15, 0.2) is 0 Å². The molecule has 0 atom stereocenters. The molecule has 0 saturated heterocycles. The molecule has 0 radical (unpaired) electrons. The Morgan fingerprint density at radius 1 is 1.22 bits per heavy atom. The lowest BCUT2D eigenvalue weighted by atomic mass is 10.00. The molecule has 1 aromatic heterocycles. The second-order valence-corrected chi connectivity index (χ2v) is 4.95. The number of carbonyl (C=O) groups excluding carboxylic acids is 1. The highest BCUT2D eigenvalue weighted by molar-refractivity contribution is 6.02. The fourth-order valence-electron chi connectivity index (χ4n) is 2.43. The molecule has 0 spiro atoms. The van der Waals surface area contributed by atoms with E-state index < -0.39 is 10.8 Å². The third kappa shape index (κ3) is 2.49. The number of fused-ring (bicyclic) bond motifs is 1. The number of rotatable bonds is 3. The van der Waals surface area contributed by atoms with E-state index in [1.54, 1.807) is 30.3 Å². The first-order valence-corrected chi connectivity index (χ1v) is 6.61. The van der Waals surface area contributed by atoms with E-state index in [9.17, 15) is 14.9 Å². The number of nitrogens with zero attached hydrogens (tertiary/aromatic N) is 2. The van der Waals surface area contributed by atoms with Crippen LogP contribution in [0.15, 0.2) is 42.5 Å². The summed E-state index contributed by atoms with van der Waals surface area (Å²) in [6.45, 7) is 0. The van der Waals surface area contributed by atoms with Crippen molar-refractivity contribution in [2.24, 2.45) is 5.73 Å². The topological polar surface area (TPSA) is 126 Å². The predicted molar refractivity (Wildman–Crippen MR) is 83.6 cm³/mol. The van der Waals surface area contributed by atoms with Gasteiger partial charge in [0, 0.05) is 23.1 Å². The first-order chi connectivity index (χ1) is 11.0. The average Bonchev–Trinajstić information content (AvgIpc) is 2.98. The van der Waals surface area contributed by atoms with Crippen molar-refractivity contribution in [3.8, 4) is 17.2 Å². The van der Waals surface area contributed by atoms with Crippen LogP contribution in [0.25, 0.3) is 22.0 Å². The highest BCUT2D eigenvalue weighted by atomic mass is 16.6. The lowest BCUT2D eigenvalue weighted by molar-refractivity contribution is -0.384. The lowest BCUT2D eigenvalue weighted by Gasteiger charge is -2.05. The van der Waals surface area contributed by atoms with Crippen molar-refractivity contribution < 1.29 is 9.72 Å². The highest BCUT2D eigenvalue weighted by Crippen LogP contribution is 2.31. The zero-order valence-electron chi connectivity index (χ0n) is 11.7. The number of non-ortho nitro benzene ring substituents is 1. The van der Waals surface area contributed by atoms with Gasteiger partial charge in [-0.1, -0.05) is 0 Å². The molecule has 0 bridgehead atoms. The van der Waals surface area contributed by atoms with Crippen LogP contribution in [0.4, 0.5) is 5.69 Å². The Balaban J connectivity index is 2.24.